The van der Waals surface area contributed by atoms with E-state index in [4.69, 9.17) is 9.31 Å². The molecule has 2 aliphatic rings. The summed E-state index contributed by atoms with van der Waals surface area (Å²) in [7, 11) is -0.540. The van der Waals surface area contributed by atoms with Crippen molar-refractivity contribution in [2.24, 2.45) is 0 Å². The second kappa shape index (κ2) is 5.53. The van der Waals surface area contributed by atoms with Crippen molar-refractivity contribution in [3.63, 3.8) is 0 Å². The minimum Gasteiger partial charge on any atom is -0.507 e. The van der Waals surface area contributed by atoms with Crippen LogP contribution in [0.2, 0.25) is 0 Å². The van der Waals surface area contributed by atoms with E-state index in [-0.39, 0.29) is 11.7 Å². The van der Waals surface area contributed by atoms with Gasteiger partial charge >= 0.3 is 7.12 Å². The van der Waals surface area contributed by atoms with Crippen molar-refractivity contribution < 1.29 is 19.2 Å². The van der Waals surface area contributed by atoms with E-state index in [0.717, 1.165) is 31.4 Å². The molecule has 0 saturated carbocycles. The van der Waals surface area contributed by atoms with Gasteiger partial charge in [0.1, 0.15) is 5.75 Å². The molecule has 23 heavy (non-hydrogen) atoms. The van der Waals surface area contributed by atoms with Gasteiger partial charge in [0, 0.05) is 13.1 Å². The summed E-state index contributed by atoms with van der Waals surface area (Å²) in [5.41, 5.74) is 0.195. The van der Waals surface area contributed by atoms with E-state index < -0.39 is 18.3 Å². The van der Waals surface area contributed by atoms with Crippen molar-refractivity contribution in [1.29, 1.82) is 0 Å². The molecule has 0 bridgehead atoms. The van der Waals surface area contributed by atoms with Gasteiger partial charge in [0.05, 0.1) is 16.8 Å². The van der Waals surface area contributed by atoms with E-state index in [0.29, 0.717) is 5.56 Å². The highest BCUT2D eigenvalue weighted by Crippen LogP contribution is 2.36. The first kappa shape index (κ1) is 16.3. The zero-order valence-electron chi connectivity index (χ0n) is 14.3. The Morgan fingerprint density at radius 2 is 1.70 bits per heavy atom. The Balaban J connectivity index is 1.81. The molecule has 5 nitrogen and oxygen atoms in total. The molecular formula is C17H24BNO4. The van der Waals surface area contributed by atoms with Crippen molar-refractivity contribution >= 4 is 18.5 Å². The number of nitrogens with zero attached hydrogens (tertiary/aromatic N) is 1. The molecule has 6 heteroatoms. The first-order chi connectivity index (χ1) is 10.7. The van der Waals surface area contributed by atoms with Crippen molar-refractivity contribution in [2.45, 2.75) is 51.7 Å². The molecular weight excluding hydrogens is 293 g/mol. The third-order valence-electron chi connectivity index (χ3n) is 5.17. The molecule has 0 unspecified atom stereocenters. The number of rotatable bonds is 2. The smallest absolute Gasteiger partial charge is 0.494 e. The molecule has 0 aliphatic carbocycles. The number of amides is 1. The highest BCUT2D eigenvalue weighted by atomic mass is 16.7. The summed E-state index contributed by atoms with van der Waals surface area (Å²) in [6.07, 6.45) is 2.05. The molecule has 1 N–H and O–H groups in total. The van der Waals surface area contributed by atoms with Gasteiger partial charge in [-0.3, -0.25) is 4.79 Å². The molecule has 0 radical (unpaired) electrons. The Morgan fingerprint density at radius 1 is 1.13 bits per heavy atom. The average Bonchev–Trinajstić information content (AvgIpc) is 3.05. The maximum atomic E-state index is 12.4. The van der Waals surface area contributed by atoms with Crippen LogP contribution in [0.1, 0.15) is 50.9 Å². The van der Waals surface area contributed by atoms with Crippen LogP contribution in [0.3, 0.4) is 0 Å². The highest BCUT2D eigenvalue weighted by molar-refractivity contribution is 6.62. The SMILES string of the molecule is CC1(C)OB(c2ccc(C(=O)N3CCCC3)c(O)c2)OC1(C)C. The summed E-state index contributed by atoms with van der Waals surface area (Å²) in [6, 6.07) is 5.03. The van der Waals surface area contributed by atoms with Crippen LogP contribution in [0, 0.1) is 0 Å². The number of phenolic OH excluding ortho intramolecular Hbond substituents is 1. The summed E-state index contributed by atoms with van der Waals surface area (Å²) in [4.78, 5) is 14.2. The lowest BCUT2D eigenvalue weighted by Gasteiger charge is -2.32. The molecule has 2 saturated heterocycles. The number of hydrogen-bond donors (Lipinski definition) is 1. The van der Waals surface area contributed by atoms with E-state index in [2.05, 4.69) is 0 Å². The molecule has 2 heterocycles. The normalized spacial score (nSPS) is 22.6. The molecule has 2 aliphatic heterocycles. The van der Waals surface area contributed by atoms with Gasteiger partial charge in [0.25, 0.3) is 5.91 Å². The molecule has 2 fully saturated rings. The van der Waals surface area contributed by atoms with Crippen LogP contribution >= 0.6 is 0 Å². The molecule has 1 aromatic carbocycles. The topological polar surface area (TPSA) is 59.0 Å². The van der Waals surface area contributed by atoms with Gasteiger partial charge in [-0.2, -0.15) is 0 Å². The third-order valence-corrected chi connectivity index (χ3v) is 5.17. The van der Waals surface area contributed by atoms with E-state index >= 15 is 0 Å². The van der Waals surface area contributed by atoms with Crippen molar-refractivity contribution in [3.05, 3.63) is 23.8 Å². The second-order valence-corrected chi connectivity index (χ2v) is 7.36. The first-order valence-corrected chi connectivity index (χ1v) is 8.19. The zero-order valence-corrected chi connectivity index (χ0v) is 14.3. The Morgan fingerprint density at radius 3 is 2.22 bits per heavy atom. The number of benzene rings is 1. The van der Waals surface area contributed by atoms with Gasteiger partial charge in [-0.15, -0.1) is 0 Å². The second-order valence-electron chi connectivity index (χ2n) is 7.36. The van der Waals surface area contributed by atoms with Crippen molar-refractivity contribution in [1.82, 2.24) is 4.90 Å². The number of carbonyl (C=O) groups is 1. The number of carbonyl (C=O) groups excluding carboxylic acids is 1. The van der Waals surface area contributed by atoms with Gasteiger partial charge in [-0.1, -0.05) is 6.07 Å². The number of aromatic hydroxyl groups is 1. The summed E-state index contributed by atoms with van der Waals surface area (Å²) in [5, 5.41) is 10.3. The minimum absolute atomic E-state index is 0.0193. The number of hydrogen-bond acceptors (Lipinski definition) is 4. The quantitative estimate of drug-likeness (QED) is 0.847. The minimum atomic E-state index is -0.540. The Bertz CT molecular complexity index is 607. The van der Waals surface area contributed by atoms with E-state index in [9.17, 15) is 9.90 Å². The number of likely N-dealkylation sites (tertiary alicyclic amines) is 1. The molecule has 1 amide bonds. The summed E-state index contributed by atoms with van der Waals surface area (Å²) >= 11 is 0. The van der Waals surface area contributed by atoms with Gasteiger partial charge in [-0.05, 0) is 58.1 Å². The van der Waals surface area contributed by atoms with Gasteiger partial charge in [0.15, 0.2) is 0 Å². The van der Waals surface area contributed by atoms with E-state index in [1.807, 2.05) is 27.7 Å². The van der Waals surface area contributed by atoms with E-state index in [1.54, 1.807) is 23.1 Å². The fourth-order valence-electron chi connectivity index (χ4n) is 2.95. The summed E-state index contributed by atoms with van der Waals surface area (Å²) < 4.78 is 12.0. The Labute approximate surface area is 137 Å². The molecule has 1 aromatic rings. The van der Waals surface area contributed by atoms with Gasteiger partial charge in [0.2, 0.25) is 0 Å². The monoisotopic (exact) mass is 317 g/mol. The standard InChI is InChI=1S/C17H24BNO4/c1-16(2)17(3,4)23-18(22-16)12-7-8-13(14(20)11-12)15(21)19-9-5-6-10-19/h7-8,11,20H,5-6,9-10H2,1-4H3. The lowest BCUT2D eigenvalue weighted by atomic mass is 9.78. The fraction of sp³-hybridized carbons (Fsp3) is 0.588. The van der Waals surface area contributed by atoms with Crippen LogP contribution in [0.25, 0.3) is 0 Å². The predicted molar refractivity (Wildman–Crippen MR) is 89.0 cm³/mol. The van der Waals surface area contributed by atoms with E-state index in [1.165, 1.54) is 0 Å². The van der Waals surface area contributed by atoms with Gasteiger partial charge in [-0.25, -0.2) is 0 Å². The van der Waals surface area contributed by atoms with Crippen LogP contribution in [0.4, 0.5) is 0 Å². The molecule has 3 rings (SSSR count). The summed E-state index contributed by atoms with van der Waals surface area (Å²) in [6.45, 7) is 9.46. The van der Waals surface area contributed by atoms with Crippen molar-refractivity contribution in [3.8, 4) is 5.75 Å². The van der Waals surface area contributed by atoms with Crippen molar-refractivity contribution in [2.75, 3.05) is 13.1 Å². The molecule has 0 atom stereocenters. The summed E-state index contributed by atoms with van der Waals surface area (Å²) in [5.74, 6) is -0.130. The highest BCUT2D eigenvalue weighted by Gasteiger charge is 2.51. The van der Waals surface area contributed by atoms with Gasteiger partial charge < -0.3 is 19.3 Å². The lowest BCUT2D eigenvalue weighted by molar-refractivity contribution is 0.00578. The Kier molecular flexibility index (Phi) is 3.93. The Hall–Kier alpha value is -1.53. The maximum Gasteiger partial charge on any atom is 0.494 e. The first-order valence-electron chi connectivity index (χ1n) is 8.19. The third kappa shape index (κ3) is 2.86. The van der Waals surface area contributed by atoms with Crippen LogP contribution in [0.5, 0.6) is 5.75 Å². The maximum absolute atomic E-state index is 12.4. The molecule has 0 spiro atoms. The largest absolute Gasteiger partial charge is 0.507 e. The fourth-order valence-corrected chi connectivity index (χ4v) is 2.95. The van der Waals surface area contributed by atoms with Crippen LogP contribution in [-0.2, 0) is 9.31 Å². The van der Waals surface area contributed by atoms with Crippen LogP contribution in [-0.4, -0.2) is 47.3 Å². The zero-order chi connectivity index (χ0) is 16.8. The molecule has 0 aromatic heterocycles. The number of phenols is 1. The predicted octanol–water partition coefficient (Wildman–Crippen LogP) is 1.93. The van der Waals surface area contributed by atoms with Crippen LogP contribution < -0.4 is 5.46 Å². The average molecular weight is 317 g/mol. The van der Waals surface area contributed by atoms with Crippen LogP contribution in [0.15, 0.2) is 18.2 Å². The molecule has 124 valence electrons. The lowest BCUT2D eigenvalue weighted by Crippen LogP contribution is -2.41.